The van der Waals surface area contributed by atoms with Crippen LogP contribution in [-0.2, 0) is 18.3 Å². The van der Waals surface area contributed by atoms with Gasteiger partial charge in [-0.15, -0.1) is 0 Å². The molecule has 3 nitrogen and oxygen atoms in total. The van der Waals surface area contributed by atoms with Crippen molar-refractivity contribution in [2.24, 2.45) is 0 Å². The lowest BCUT2D eigenvalue weighted by Gasteiger charge is -2.42. The first-order chi connectivity index (χ1) is 10.2. The van der Waals surface area contributed by atoms with E-state index in [-0.39, 0.29) is 10.7 Å². The maximum absolute atomic E-state index is 6.21. The van der Waals surface area contributed by atoms with Crippen LogP contribution in [0.1, 0.15) is 29.7 Å². The molecule has 0 N–H and O–H groups in total. The van der Waals surface area contributed by atoms with Gasteiger partial charge in [0.2, 0.25) is 5.28 Å². The highest BCUT2D eigenvalue weighted by molar-refractivity contribution is 6.32. The summed E-state index contributed by atoms with van der Waals surface area (Å²) in [6.07, 6.45) is 3.79. The monoisotopic (exact) mass is 320 g/mol. The van der Waals surface area contributed by atoms with Gasteiger partial charge in [0.1, 0.15) is 10.9 Å². The number of nitrogens with zero attached hydrogens (tertiary/aromatic N) is 2. The number of para-hydroxylation sites is 1. The Balaban J connectivity index is 1.82. The zero-order valence-electron chi connectivity index (χ0n) is 11.4. The van der Waals surface area contributed by atoms with Crippen LogP contribution in [0.5, 0.6) is 5.75 Å². The second-order valence-corrected chi connectivity index (χ2v) is 6.46. The van der Waals surface area contributed by atoms with Gasteiger partial charge < -0.3 is 4.74 Å². The van der Waals surface area contributed by atoms with Crippen LogP contribution < -0.4 is 4.74 Å². The Morgan fingerprint density at radius 3 is 2.86 bits per heavy atom. The molecular weight excluding hydrogens is 307 g/mol. The molecule has 1 aromatic heterocycles. The van der Waals surface area contributed by atoms with E-state index in [0.29, 0.717) is 5.15 Å². The van der Waals surface area contributed by atoms with Crippen LogP contribution in [0, 0.1) is 0 Å². The predicted octanol–water partition coefficient (Wildman–Crippen LogP) is 3.99. The minimum atomic E-state index is 0.0862. The van der Waals surface area contributed by atoms with Gasteiger partial charge in [0.25, 0.3) is 0 Å². The van der Waals surface area contributed by atoms with E-state index >= 15 is 0 Å². The van der Waals surface area contributed by atoms with Crippen molar-refractivity contribution in [3.63, 3.8) is 0 Å². The SMILES string of the molecule is Clc1nc(Cl)c2c(n1)CC1(CCOc3ccccc31)CC2. The van der Waals surface area contributed by atoms with Crippen LogP contribution in [0.4, 0.5) is 0 Å². The molecule has 1 aromatic carbocycles. The van der Waals surface area contributed by atoms with Crippen molar-refractivity contribution < 1.29 is 4.74 Å². The van der Waals surface area contributed by atoms with Crippen LogP contribution in [0.15, 0.2) is 24.3 Å². The molecule has 0 amide bonds. The van der Waals surface area contributed by atoms with Crippen LogP contribution in [0.25, 0.3) is 0 Å². The quantitative estimate of drug-likeness (QED) is 0.543. The van der Waals surface area contributed by atoms with E-state index in [9.17, 15) is 0 Å². The number of hydrogen-bond acceptors (Lipinski definition) is 3. The number of ether oxygens (including phenoxy) is 1. The van der Waals surface area contributed by atoms with Gasteiger partial charge in [-0.2, -0.15) is 0 Å². The summed E-state index contributed by atoms with van der Waals surface area (Å²) in [5.74, 6) is 0.999. The molecule has 0 saturated carbocycles. The maximum atomic E-state index is 6.21. The number of hydrogen-bond donors (Lipinski definition) is 0. The summed E-state index contributed by atoms with van der Waals surface area (Å²) >= 11 is 12.2. The summed E-state index contributed by atoms with van der Waals surface area (Å²) in [4.78, 5) is 8.49. The van der Waals surface area contributed by atoms with Crippen molar-refractivity contribution in [3.05, 3.63) is 51.5 Å². The number of rotatable bonds is 0. The van der Waals surface area contributed by atoms with Crippen molar-refractivity contribution >= 4 is 23.2 Å². The molecule has 1 aliphatic heterocycles. The Kier molecular flexibility index (Phi) is 3.09. The van der Waals surface area contributed by atoms with Crippen LogP contribution in [0.2, 0.25) is 10.4 Å². The largest absolute Gasteiger partial charge is 0.493 e. The van der Waals surface area contributed by atoms with Crippen LogP contribution >= 0.6 is 23.2 Å². The fourth-order valence-electron chi connectivity index (χ4n) is 3.60. The summed E-state index contributed by atoms with van der Waals surface area (Å²) in [6.45, 7) is 0.749. The van der Waals surface area contributed by atoms with Gasteiger partial charge in [-0.25, -0.2) is 9.97 Å². The summed E-state index contributed by atoms with van der Waals surface area (Å²) in [7, 11) is 0. The molecule has 2 aromatic rings. The molecule has 108 valence electrons. The van der Waals surface area contributed by atoms with Gasteiger partial charge in [0, 0.05) is 23.0 Å². The lowest BCUT2D eigenvalue weighted by atomic mass is 9.66. The summed E-state index contributed by atoms with van der Waals surface area (Å²) in [6, 6.07) is 8.31. The first kappa shape index (κ1) is 13.4. The van der Waals surface area contributed by atoms with E-state index in [1.807, 2.05) is 12.1 Å². The van der Waals surface area contributed by atoms with E-state index in [0.717, 1.165) is 49.3 Å². The van der Waals surface area contributed by atoms with Crippen molar-refractivity contribution in [2.75, 3.05) is 6.61 Å². The third-order valence-corrected chi connectivity index (χ3v) is 5.15. The smallest absolute Gasteiger partial charge is 0.224 e. The minimum absolute atomic E-state index is 0.0862. The average Bonchev–Trinajstić information content (AvgIpc) is 2.47. The molecule has 1 aliphatic carbocycles. The number of aromatic nitrogens is 2. The lowest BCUT2D eigenvalue weighted by Crippen LogP contribution is -2.39. The zero-order valence-corrected chi connectivity index (χ0v) is 12.9. The molecule has 0 fully saturated rings. The molecule has 1 unspecified atom stereocenters. The number of fused-ring (bicyclic) bond motifs is 3. The fraction of sp³-hybridized carbons (Fsp3) is 0.375. The van der Waals surface area contributed by atoms with Gasteiger partial charge in [-0.3, -0.25) is 0 Å². The van der Waals surface area contributed by atoms with Crippen molar-refractivity contribution in [2.45, 2.75) is 31.1 Å². The van der Waals surface area contributed by atoms with Gasteiger partial charge in [0.15, 0.2) is 0 Å². The van der Waals surface area contributed by atoms with Crippen LogP contribution in [-0.4, -0.2) is 16.6 Å². The molecule has 0 radical (unpaired) electrons. The van der Waals surface area contributed by atoms with E-state index < -0.39 is 0 Å². The normalized spacial score (nSPS) is 23.3. The lowest BCUT2D eigenvalue weighted by molar-refractivity contribution is 0.197. The topological polar surface area (TPSA) is 35.0 Å². The standard InChI is InChI=1S/C16H14Cl2N2O/c17-14-10-5-6-16(9-12(10)19-15(18)20-14)7-8-21-13-4-2-1-3-11(13)16/h1-4H,5-9H2. The first-order valence-electron chi connectivity index (χ1n) is 7.11. The first-order valence-corrected chi connectivity index (χ1v) is 7.87. The van der Waals surface area contributed by atoms with Gasteiger partial charge in [0.05, 0.1) is 12.3 Å². The molecule has 1 spiro atoms. The Labute approximate surface area is 133 Å². The summed E-state index contributed by atoms with van der Waals surface area (Å²) in [5.41, 5.74) is 3.41. The highest BCUT2D eigenvalue weighted by atomic mass is 35.5. The molecular formula is C16H14Cl2N2O. The Morgan fingerprint density at radius 2 is 1.95 bits per heavy atom. The van der Waals surface area contributed by atoms with E-state index in [4.69, 9.17) is 27.9 Å². The highest BCUT2D eigenvalue weighted by Crippen LogP contribution is 2.47. The fourth-order valence-corrected chi connectivity index (χ4v) is 4.12. The third-order valence-electron chi connectivity index (χ3n) is 4.67. The van der Waals surface area contributed by atoms with Gasteiger partial charge >= 0.3 is 0 Å². The van der Waals surface area contributed by atoms with Gasteiger partial charge in [-0.05, 0) is 36.9 Å². The van der Waals surface area contributed by atoms with Crippen molar-refractivity contribution in [1.82, 2.24) is 9.97 Å². The summed E-state index contributed by atoms with van der Waals surface area (Å²) in [5, 5.41) is 0.733. The Bertz CT molecular complexity index is 719. The number of benzene rings is 1. The van der Waals surface area contributed by atoms with Crippen LogP contribution in [0.3, 0.4) is 0 Å². The molecule has 0 saturated heterocycles. The second kappa shape index (κ2) is 4.85. The van der Waals surface area contributed by atoms with Crippen molar-refractivity contribution in [1.29, 1.82) is 0 Å². The minimum Gasteiger partial charge on any atom is -0.493 e. The average molecular weight is 321 g/mol. The van der Waals surface area contributed by atoms with E-state index in [1.165, 1.54) is 5.56 Å². The molecule has 2 heterocycles. The maximum Gasteiger partial charge on any atom is 0.224 e. The van der Waals surface area contributed by atoms with E-state index in [2.05, 4.69) is 22.1 Å². The zero-order chi connectivity index (χ0) is 14.4. The Hall–Kier alpha value is -1.32. The third kappa shape index (κ3) is 2.11. The molecule has 4 rings (SSSR count). The predicted molar refractivity (Wildman–Crippen MR) is 82.3 cm³/mol. The van der Waals surface area contributed by atoms with E-state index in [1.54, 1.807) is 0 Å². The molecule has 5 heteroatoms. The summed E-state index contributed by atoms with van der Waals surface area (Å²) < 4.78 is 5.80. The molecule has 2 aliphatic rings. The molecule has 0 bridgehead atoms. The van der Waals surface area contributed by atoms with Crippen molar-refractivity contribution in [3.8, 4) is 5.75 Å². The Morgan fingerprint density at radius 1 is 1.10 bits per heavy atom. The molecule has 1 atom stereocenters. The highest BCUT2D eigenvalue weighted by Gasteiger charge is 2.41. The molecule has 21 heavy (non-hydrogen) atoms. The number of halogens is 2. The second-order valence-electron chi connectivity index (χ2n) is 5.76. The van der Waals surface area contributed by atoms with Gasteiger partial charge in [-0.1, -0.05) is 29.8 Å².